The highest BCUT2D eigenvalue weighted by Crippen LogP contribution is 2.19. The van der Waals surface area contributed by atoms with Gasteiger partial charge in [0, 0.05) is 19.6 Å². The normalized spacial score (nSPS) is 11.9. The predicted molar refractivity (Wildman–Crippen MR) is 99.4 cm³/mol. The van der Waals surface area contributed by atoms with Crippen LogP contribution >= 0.6 is 0 Å². The summed E-state index contributed by atoms with van der Waals surface area (Å²) in [6.45, 7) is 17.3. The fraction of sp³-hybridized carbons (Fsp3) is 0.714. The zero-order valence-electron chi connectivity index (χ0n) is 15.8. The summed E-state index contributed by atoms with van der Waals surface area (Å²) >= 11 is 0. The molecule has 0 radical (unpaired) electrons. The zero-order valence-corrected chi connectivity index (χ0v) is 15.8. The van der Waals surface area contributed by atoms with Gasteiger partial charge in [0.25, 0.3) is 0 Å². The molecule has 0 aromatic heterocycles. The van der Waals surface area contributed by atoms with Crippen LogP contribution in [0.4, 0.5) is 0 Å². The first kappa shape index (κ1) is 19.2. The van der Waals surface area contributed by atoms with Crippen molar-refractivity contribution in [1.82, 2.24) is 4.90 Å². The van der Waals surface area contributed by atoms with Crippen molar-refractivity contribution in [3.63, 3.8) is 0 Å². The Balaban J connectivity index is 2.91. The number of hydrogen-bond acceptors (Lipinski definition) is 1. The Bertz CT molecular complexity index is 410. The number of aryl methyl sites for hydroxylation is 2. The van der Waals surface area contributed by atoms with Crippen LogP contribution < -0.4 is 0 Å². The van der Waals surface area contributed by atoms with E-state index in [0.29, 0.717) is 0 Å². The van der Waals surface area contributed by atoms with E-state index in [-0.39, 0.29) is 0 Å². The van der Waals surface area contributed by atoms with E-state index >= 15 is 0 Å². The lowest BCUT2D eigenvalue weighted by molar-refractivity contribution is 0.211. The highest BCUT2D eigenvalue weighted by molar-refractivity contribution is 5.32. The van der Waals surface area contributed by atoms with E-state index in [4.69, 9.17) is 0 Å². The van der Waals surface area contributed by atoms with Crippen LogP contribution in [0.15, 0.2) is 18.2 Å². The van der Waals surface area contributed by atoms with E-state index < -0.39 is 0 Å². The Hall–Kier alpha value is -0.820. The molecule has 0 amide bonds. The van der Waals surface area contributed by atoms with Gasteiger partial charge < -0.3 is 0 Å². The van der Waals surface area contributed by atoms with Crippen molar-refractivity contribution in [1.29, 1.82) is 0 Å². The molecular weight excluding hydrogens is 266 g/mol. The molecule has 0 saturated carbocycles. The summed E-state index contributed by atoms with van der Waals surface area (Å²) in [4.78, 5) is 2.64. The van der Waals surface area contributed by atoms with Crippen LogP contribution in [0.2, 0.25) is 0 Å². The fourth-order valence-electron chi connectivity index (χ4n) is 3.26. The molecule has 0 aliphatic heterocycles. The Morgan fingerprint density at radius 3 is 1.91 bits per heavy atom. The van der Waals surface area contributed by atoms with Gasteiger partial charge >= 0.3 is 0 Å². The lowest BCUT2D eigenvalue weighted by atomic mass is 9.97. The first-order chi connectivity index (χ1) is 10.5. The minimum Gasteiger partial charge on any atom is -0.299 e. The van der Waals surface area contributed by atoms with E-state index in [1.54, 1.807) is 11.1 Å². The number of benzene rings is 1. The lowest BCUT2D eigenvalue weighted by Crippen LogP contribution is -2.31. The van der Waals surface area contributed by atoms with E-state index in [0.717, 1.165) is 18.4 Å². The monoisotopic (exact) mass is 303 g/mol. The van der Waals surface area contributed by atoms with Crippen LogP contribution in [0.25, 0.3) is 0 Å². The largest absolute Gasteiger partial charge is 0.299 e. The molecule has 0 fully saturated rings. The average Bonchev–Trinajstić information content (AvgIpc) is 2.40. The molecule has 0 unspecified atom stereocenters. The maximum atomic E-state index is 2.64. The third kappa shape index (κ3) is 6.96. The fourth-order valence-corrected chi connectivity index (χ4v) is 3.26. The smallest absolute Gasteiger partial charge is 0.0236 e. The van der Waals surface area contributed by atoms with Gasteiger partial charge in [0.2, 0.25) is 0 Å². The van der Waals surface area contributed by atoms with Gasteiger partial charge in [-0.2, -0.15) is 0 Å². The SMILES string of the molecule is CCCc1ccc(CN(CC(C)C)CC(C)C)c(CCC)c1. The number of nitrogens with zero attached hydrogens (tertiary/aromatic N) is 1. The second kappa shape index (κ2) is 10.0. The van der Waals surface area contributed by atoms with Crippen LogP contribution in [-0.4, -0.2) is 18.0 Å². The summed E-state index contributed by atoms with van der Waals surface area (Å²) in [6, 6.07) is 7.20. The minimum absolute atomic E-state index is 0.729. The maximum absolute atomic E-state index is 2.64. The van der Waals surface area contributed by atoms with Crippen molar-refractivity contribution in [2.24, 2.45) is 11.8 Å². The van der Waals surface area contributed by atoms with E-state index in [9.17, 15) is 0 Å². The lowest BCUT2D eigenvalue weighted by Gasteiger charge is -2.27. The van der Waals surface area contributed by atoms with Gasteiger partial charge in [-0.25, -0.2) is 0 Å². The highest BCUT2D eigenvalue weighted by Gasteiger charge is 2.12. The van der Waals surface area contributed by atoms with Gasteiger partial charge in [-0.15, -0.1) is 0 Å². The van der Waals surface area contributed by atoms with Gasteiger partial charge in [-0.05, 0) is 41.4 Å². The molecule has 1 nitrogen and oxygen atoms in total. The van der Waals surface area contributed by atoms with Crippen molar-refractivity contribution >= 4 is 0 Å². The zero-order chi connectivity index (χ0) is 16.5. The summed E-state index contributed by atoms with van der Waals surface area (Å²) in [7, 11) is 0. The highest BCUT2D eigenvalue weighted by atomic mass is 15.1. The topological polar surface area (TPSA) is 3.24 Å². The third-order valence-electron chi connectivity index (χ3n) is 3.97. The number of rotatable bonds is 10. The molecule has 0 aliphatic rings. The second-order valence-electron chi connectivity index (χ2n) is 7.58. The van der Waals surface area contributed by atoms with E-state index in [1.165, 1.54) is 44.3 Å². The van der Waals surface area contributed by atoms with Crippen molar-refractivity contribution in [3.8, 4) is 0 Å². The van der Waals surface area contributed by atoms with Gasteiger partial charge in [0.15, 0.2) is 0 Å². The quantitative estimate of drug-likeness (QED) is 0.535. The Morgan fingerprint density at radius 1 is 0.818 bits per heavy atom. The Labute approximate surface area is 139 Å². The molecule has 0 bridgehead atoms. The molecule has 22 heavy (non-hydrogen) atoms. The van der Waals surface area contributed by atoms with Gasteiger partial charge in [0.1, 0.15) is 0 Å². The van der Waals surface area contributed by atoms with Gasteiger partial charge in [-0.3, -0.25) is 4.90 Å². The summed E-state index contributed by atoms with van der Waals surface area (Å²) in [6.07, 6.45) is 4.89. The van der Waals surface area contributed by atoms with Crippen LogP contribution in [0.5, 0.6) is 0 Å². The molecule has 126 valence electrons. The Kier molecular flexibility index (Phi) is 8.78. The molecule has 0 spiro atoms. The summed E-state index contributed by atoms with van der Waals surface area (Å²) in [5, 5.41) is 0. The third-order valence-corrected chi connectivity index (χ3v) is 3.97. The first-order valence-corrected chi connectivity index (χ1v) is 9.29. The molecule has 1 aromatic carbocycles. The molecule has 0 atom stereocenters. The van der Waals surface area contributed by atoms with Gasteiger partial charge in [-0.1, -0.05) is 72.6 Å². The van der Waals surface area contributed by atoms with Crippen molar-refractivity contribution in [2.45, 2.75) is 73.8 Å². The maximum Gasteiger partial charge on any atom is 0.0236 e. The summed E-state index contributed by atoms with van der Waals surface area (Å²) in [5.41, 5.74) is 4.63. The van der Waals surface area contributed by atoms with E-state index in [1.807, 2.05) is 0 Å². The molecule has 1 aromatic rings. The van der Waals surface area contributed by atoms with Crippen LogP contribution in [0.3, 0.4) is 0 Å². The molecular formula is C21H37N. The second-order valence-corrected chi connectivity index (χ2v) is 7.58. The average molecular weight is 304 g/mol. The predicted octanol–water partition coefficient (Wildman–Crippen LogP) is 5.71. The molecule has 0 heterocycles. The van der Waals surface area contributed by atoms with Crippen molar-refractivity contribution in [2.75, 3.05) is 13.1 Å². The standard InChI is InChI=1S/C21H37N/c1-7-9-19-11-12-21(20(13-19)10-8-2)16-22(14-17(3)4)15-18(5)6/h11-13,17-18H,7-10,14-16H2,1-6H3. The van der Waals surface area contributed by atoms with Crippen molar-refractivity contribution < 1.29 is 0 Å². The summed E-state index contributed by atoms with van der Waals surface area (Å²) < 4.78 is 0. The molecule has 0 N–H and O–H groups in total. The molecule has 0 aliphatic carbocycles. The first-order valence-electron chi connectivity index (χ1n) is 9.29. The Morgan fingerprint density at radius 2 is 1.41 bits per heavy atom. The van der Waals surface area contributed by atoms with Crippen LogP contribution in [0.1, 0.15) is 71.1 Å². The minimum atomic E-state index is 0.729. The molecule has 1 heteroatoms. The van der Waals surface area contributed by atoms with Crippen LogP contribution in [0, 0.1) is 11.8 Å². The van der Waals surface area contributed by atoms with Crippen molar-refractivity contribution in [3.05, 3.63) is 34.9 Å². The summed E-state index contributed by atoms with van der Waals surface area (Å²) in [5.74, 6) is 1.46. The molecule has 0 saturated heterocycles. The number of hydrogen-bond donors (Lipinski definition) is 0. The van der Waals surface area contributed by atoms with E-state index in [2.05, 4.69) is 64.6 Å². The molecule has 1 rings (SSSR count). The van der Waals surface area contributed by atoms with Crippen LogP contribution in [-0.2, 0) is 19.4 Å². The van der Waals surface area contributed by atoms with Gasteiger partial charge in [0.05, 0.1) is 0 Å².